The van der Waals surface area contributed by atoms with Gasteiger partial charge < -0.3 is 29.3 Å². The van der Waals surface area contributed by atoms with E-state index >= 15 is 0 Å². The number of nitrogens with zero attached hydrogens (tertiary/aromatic N) is 1. The molecule has 2 N–H and O–H groups in total. The van der Waals surface area contributed by atoms with Crippen molar-refractivity contribution in [2.24, 2.45) is 5.41 Å². The van der Waals surface area contributed by atoms with Gasteiger partial charge in [0.25, 0.3) is 5.91 Å². The second-order valence-corrected chi connectivity index (χ2v) is 11.2. The van der Waals surface area contributed by atoms with Crippen LogP contribution in [0.25, 0.3) is 0 Å². The third-order valence-electron chi connectivity index (χ3n) is 5.03. The SMILES string of the molecule is CC(C)(COC(=O)OCC[N+](C)(C)C)[C@H]1OC(=O)CCC(=O)CC(=O)SCCNC(=O)CCNC1=O. The lowest BCUT2D eigenvalue weighted by Gasteiger charge is -2.32. The van der Waals surface area contributed by atoms with E-state index in [1.165, 1.54) is 0 Å². The molecule has 1 atom stereocenters. The number of quaternary nitrogens is 1. The Morgan fingerprint density at radius 3 is 2.39 bits per heavy atom. The number of thioether (sulfide) groups is 1. The molecular weight excluding hydrogens is 494 g/mol. The van der Waals surface area contributed by atoms with E-state index in [9.17, 15) is 28.8 Å². The van der Waals surface area contributed by atoms with Crippen molar-refractivity contribution in [3.63, 3.8) is 0 Å². The summed E-state index contributed by atoms with van der Waals surface area (Å²) in [4.78, 5) is 73.2. The number of likely N-dealkylation sites (N-methyl/N-ethyl adjacent to an activating group) is 1. The summed E-state index contributed by atoms with van der Waals surface area (Å²) in [5, 5.41) is 4.83. The van der Waals surface area contributed by atoms with Gasteiger partial charge in [0.2, 0.25) is 5.91 Å². The molecule has 12 nitrogen and oxygen atoms in total. The third-order valence-corrected chi connectivity index (χ3v) is 5.90. The van der Waals surface area contributed by atoms with Crippen LogP contribution in [0.3, 0.4) is 0 Å². The van der Waals surface area contributed by atoms with Gasteiger partial charge in [-0.2, -0.15) is 0 Å². The van der Waals surface area contributed by atoms with Gasteiger partial charge >= 0.3 is 12.1 Å². The Morgan fingerprint density at radius 2 is 1.72 bits per heavy atom. The third kappa shape index (κ3) is 13.4. The lowest BCUT2D eigenvalue weighted by molar-refractivity contribution is -0.870. The van der Waals surface area contributed by atoms with E-state index in [0.717, 1.165) is 11.8 Å². The predicted octanol–water partition coefficient (Wildman–Crippen LogP) is 0.419. The van der Waals surface area contributed by atoms with Crippen LogP contribution < -0.4 is 10.6 Å². The average Bonchev–Trinajstić information content (AvgIpc) is 2.76. The summed E-state index contributed by atoms with van der Waals surface area (Å²) >= 11 is 0.928. The zero-order valence-electron chi connectivity index (χ0n) is 21.7. The Kier molecular flexibility index (Phi) is 12.9. The second-order valence-electron chi connectivity index (χ2n) is 10.1. The predicted molar refractivity (Wildman–Crippen MR) is 131 cm³/mol. The lowest BCUT2D eigenvalue weighted by Crippen LogP contribution is -2.49. The van der Waals surface area contributed by atoms with Crippen LogP contribution in [0.5, 0.6) is 0 Å². The van der Waals surface area contributed by atoms with E-state index in [-0.39, 0.29) is 63.0 Å². The first-order chi connectivity index (χ1) is 16.7. The van der Waals surface area contributed by atoms with Crippen molar-refractivity contribution in [1.82, 2.24) is 10.6 Å². The van der Waals surface area contributed by atoms with Crippen LogP contribution in [0.2, 0.25) is 0 Å². The highest BCUT2D eigenvalue weighted by atomic mass is 32.2. The van der Waals surface area contributed by atoms with E-state index < -0.39 is 35.3 Å². The molecule has 1 aliphatic rings. The van der Waals surface area contributed by atoms with Crippen LogP contribution in [0.15, 0.2) is 0 Å². The number of Topliss-reactive ketones (excluding diaryl/α,β-unsaturated/α-hetero) is 1. The lowest BCUT2D eigenvalue weighted by atomic mass is 9.86. The van der Waals surface area contributed by atoms with Crippen LogP contribution in [0.4, 0.5) is 4.79 Å². The van der Waals surface area contributed by atoms with E-state index in [4.69, 9.17) is 14.2 Å². The first-order valence-electron chi connectivity index (χ1n) is 11.7. The Morgan fingerprint density at radius 1 is 1.03 bits per heavy atom. The molecule has 1 saturated heterocycles. The molecule has 0 aromatic rings. The van der Waals surface area contributed by atoms with Crippen LogP contribution in [-0.4, -0.2) is 105 Å². The Hall–Kier alpha value is -2.67. The molecule has 204 valence electrons. The Bertz CT molecular complexity index is 824. The van der Waals surface area contributed by atoms with Crippen LogP contribution in [0, 0.1) is 5.41 Å². The summed E-state index contributed by atoms with van der Waals surface area (Å²) < 4.78 is 16.2. The molecule has 36 heavy (non-hydrogen) atoms. The number of hydrogen-bond donors (Lipinski definition) is 2. The minimum absolute atomic E-state index is 0.0205. The average molecular weight is 533 g/mol. The monoisotopic (exact) mass is 532 g/mol. The summed E-state index contributed by atoms with van der Waals surface area (Å²) in [6, 6.07) is 0. The highest BCUT2D eigenvalue weighted by molar-refractivity contribution is 8.13. The fraction of sp³-hybridized carbons (Fsp3) is 0.739. The molecule has 1 fully saturated rings. The maximum atomic E-state index is 12.9. The van der Waals surface area contributed by atoms with Crippen molar-refractivity contribution in [3.8, 4) is 0 Å². The molecule has 1 aliphatic heterocycles. The Labute approximate surface area is 215 Å². The smallest absolute Gasteiger partial charge is 0.452 e. The number of cyclic esters (lactones) is 1. The number of carbonyl (C=O) groups excluding carboxylic acids is 6. The molecular formula is C23H38N3O9S+. The van der Waals surface area contributed by atoms with Crippen LogP contribution >= 0.6 is 11.8 Å². The Balaban J connectivity index is 2.86. The molecule has 0 spiro atoms. The minimum Gasteiger partial charge on any atom is -0.452 e. The number of ether oxygens (including phenoxy) is 3. The fourth-order valence-corrected chi connectivity index (χ4v) is 3.60. The maximum Gasteiger partial charge on any atom is 0.508 e. The number of esters is 1. The number of hydrogen-bond acceptors (Lipinski definition) is 10. The summed E-state index contributed by atoms with van der Waals surface area (Å²) in [6.07, 6.45) is -3.20. The van der Waals surface area contributed by atoms with Gasteiger partial charge in [0.05, 0.1) is 34.0 Å². The largest absolute Gasteiger partial charge is 0.508 e. The standard InChI is InChI=1S/C23H37N3O9S/c1-23(2,15-34-22(32)33-12-11-26(3,4)5)20-21(31)25-9-8-17(28)24-10-13-36-19(30)14-16(27)6-7-18(29)35-20/h20H,6-15H2,1-5H3,(H-,24,25,28,31)/p+1/t20-/m0/s1. The number of amides is 2. The minimum atomic E-state index is -1.38. The molecule has 1 rings (SSSR count). The van der Waals surface area contributed by atoms with Crippen molar-refractivity contribution >= 4 is 46.6 Å². The quantitative estimate of drug-likeness (QED) is 0.279. The van der Waals surface area contributed by atoms with Gasteiger partial charge in [-0.25, -0.2) is 4.79 Å². The van der Waals surface area contributed by atoms with Crippen LogP contribution in [0.1, 0.15) is 39.5 Å². The summed E-state index contributed by atoms with van der Waals surface area (Å²) in [6.45, 7) is 3.76. The first-order valence-corrected chi connectivity index (χ1v) is 12.7. The zero-order valence-corrected chi connectivity index (χ0v) is 22.5. The van der Waals surface area contributed by atoms with Crippen molar-refractivity contribution in [2.45, 2.75) is 45.6 Å². The first kappa shape index (κ1) is 31.4. The highest BCUT2D eigenvalue weighted by Gasteiger charge is 2.40. The maximum absolute atomic E-state index is 12.9. The van der Waals surface area contributed by atoms with Crippen LogP contribution in [-0.2, 0) is 38.2 Å². The summed E-state index contributed by atoms with van der Waals surface area (Å²) in [5.41, 5.74) is -1.17. The number of rotatable bonds is 6. The van der Waals surface area contributed by atoms with Crippen molar-refractivity contribution in [3.05, 3.63) is 0 Å². The molecule has 0 aromatic carbocycles. The molecule has 0 aliphatic carbocycles. The molecule has 0 unspecified atom stereocenters. The second kappa shape index (κ2) is 14.8. The van der Waals surface area contributed by atoms with Crippen molar-refractivity contribution in [1.29, 1.82) is 0 Å². The van der Waals surface area contributed by atoms with Crippen molar-refractivity contribution in [2.75, 3.05) is 59.7 Å². The molecule has 0 bridgehead atoms. The van der Waals surface area contributed by atoms with Gasteiger partial charge in [0, 0.05) is 37.1 Å². The van der Waals surface area contributed by atoms with E-state index in [1.807, 2.05) is 21.1 Å². The molecule has 2 amide bonds. The van der Waals surface area contributed by atoms with E-state index in [0.29, 0.717) is 16.8 Å². The van der Waals surface area contributed by atoms with E-state index in [1.54, 1.807) is 13.8 Å². The van der Waals surface area contributed by atoms with Crippen molar-refractivity contribution < 1.29 is 47.5 Å². The van der Waals surface area contributed by atoms with Gasteiger partial charge in [0.1, 0.15) is 25.5 Å². The molecule has 0 radical (unpaired) electrons. The molecule has 1 heterocycles. The van der Waals surface area contributed by atoms with Gasteiger partial charge in [-0.15, -0.1) is 0 Å². The summed E-state index contributed by atoms with van der Waals surface area (Å²) in [5.74, 6) is -1.95. The fourth-order valence-electron chi connectivity index (χ4n) is 2.90. The topological polar surface area (TPSA) is 154 Å². The normalized spacial score (nSPS) is 20.0. The van der Waals surface area contributed by atoms with Gasteiger partial charge in [-0.3, -0.25) is 24.0 Å². The number of nitrogens with one attached hydrogen (secondary N) is 2. The van der Waals surface area contributed by atoms with E-state index in [2.05, 4.69) is 10.6 Å². The molecule has 0 aromatic heterocycles. The molecule has 0 saturated carbocycles. The highest BCUT2D eigenvalue weighted by Crippen LogP contribution is 2.25. The summed E-state index contributed by atoms with van der Waals surface area (Å²) in [7, 11) is 5.82. The van der Waals surface area contributed by atoms with Gasteiger partial charge in [-0.05, 0) is 0 Å². The van der Waals surface area contributed by atoms with Gasteiger partial charge in [-0.1, -0.05) is 25.6 Å². The van der Waals surface area contributed by atoms with Gasteiger partial charge in [0.15, 0.2) is 11.2 Å². The number of carbonyl (C=O) groups is 6. The zero-order chi connectivity index (χ0) is 27.4. The number of ketones is 1. The molecule has 13 heteroatoms.